The van der Waals surface area contributed by atoms with Gasteiger partial charge in [0, 0.05) is 0 Å². The molecule has 2 N–H and O–H groups in total. The maximum atomic E-state index is 5.57. The molecule has 15 heavy (non-hydrogen) atoms. The van der Waals surface area contributed by atoms with Gasteiger partial charge in [-0.3, -0.25) is 0 Å². The largest absolute Gasteiger partial charge is 0.494 e. The monoisotopic (exact) mass is 206 g/mol. The number of hydrogen-bond donors (Lipinski definition) is 1. The van der Waals surface area contributed by atoms with Gasteiger partial charge in [0.2, 0.25) is 0 Å². The highest BCUT2D eigenvalue weighted by atomic mass is 16.5. The number of benzene rings is 1. The first-order chi connectivity index (χ1) is 7.36. The number of hydrogen-bond acceptors (Lipinski definition) is 3. The SMILES string of the molecule is CCCCCOc1ccc(C=NN)cc1. The summed E-state index contributed by atoms with van der Waals surface area (Å²) in [6.45, 7) is 2.97. The minimum Gasteiger partial charge on any atom is -0.494 e. The van der Waals surface area contributed by atoms with Crippen LogP contribution in [0.1, 0.15) is 31.7 Å². The summed E-state index contributed by atoms with van der Waals surface area (Å²) in [6, 6.07) is 7.74. The maximum Gasteiger partial charge on any atom is 0.119 e. The van der Waals surface area contributed by atoms with Gasteiger partial charge in [0.05, 0.1) is 12.8 Å². The zero-order chi connectivity index (χ0) is 10.9. The molecular formula is C12H18N2O. The first-order valence-corrected chi connectivity index (χ1v) is 5.33. The first kappa shape index (κ1) is 11.6. The van der Waals surface area contributed by atoms with Gasteiger partial charge in [-0.1, -0.05) is 19.8 Å². The molecule has 1 aromatic carbocycles. The zero-order valence-electron chi connectivity index (χ0n) is 9.15. The molecule has 0 fully saturated rings. The third kappa shape index (κ3) is 4.49. The Bertz CT molecular complexity index is 293. The molecule has 0 aliphatic heterocycles. The molecule has 0 spiro atoms. The van der Waals surface area contributed by atoms with Crippen molar-refractivity contribution in [1.82, 2.24) is 0 Å². The number of nitrogens with two attached hydrogens (primary N) is 1. The van der Waals surface area contributed by atoms with E-state index < -0.39 is 0 Å². The molecule has 0 bridgehead atoms. The Morgan fingerprint density at radius 2 is 2.00 bits per heavy atom. The van der Waals surface area contributed by atoms with Crippen molar-refractivity contribution in [2.24, 2.45) is 10.9 Å². The fraction of sp³-hybridized carbons (Fsp3) is 0.417. The van der Waals surface area contributed by atoms with Crippen LogP contribution in [0.2, 0.25) is 0 Å². The Hall–Kier alpha value is -1.51. The van der Waals surface area contributed by atoms with Crippen molar-refractivity contribution in [3.63, 3.8) is 0 Å². The summed E-state index contributed by atoms with van der Waals surface area (Å²) in [7, 11) is 0. The summed E-state index contributed by atoms with van der Waals surface area (Å²) in [5.41, 5.74) is 0.985. The molecule has 0 unspecified atom stereocenters. The lowest BCUT2D eigenvalue weighted by Gasteiger charge is -2.05. The second-order valence-corrected chi connectivity index (χ2v) is 3.40. The van der Waals surface area contributed by atoms with Crippen LogP contribution < -0.4 is 10.6 Å². The highest BCUT2D eigenvalue weighted by Crippen LogP contribution is 2.11. The van der Waals surface area contributed by atoms with Gasteiger partial charge in [0.25, 0.3) is 0 Å². The van der Waals surface area contributed by atoms with E-state index in [0.717, 1.165) is 24.3 Å². The van der Waals surface area contributed by atoms with Gasteiger partial charge in [-0.05, 0) is 36.2 Å². The fourth-order valence-electron chi connectivity index (χ4n) is 1.28. The summed E-state index contributed by atoms with van der Waals surface area (Å²) >= 11 is 0. The van der Waals surface area contributed by atoms with Crippen LogP contribution in [0.4, 0.5) is 0 Å². The third-order valence-electron chi connectivity index (χ3n) is 2.12. The van der Waals surface area contributed by atoms with E-state index in [1.165, 1.54) is 12.8 Å². The van der Waals surface area contributed by atoms with Crippen LogP contribution in [0, 0.1) is 0 Å². The van der Waals surface area contributed by atoms with E-state index in [-0.39, 0.29) is 0 Å². The van der Waals surface area contributed by atoms with E-state index in [9.17, 15) is 0 Å². The van der Waals surface area contributed by atoms with E-state index in [1.807, 2.05) is 24.3 Å². The van der Waals surface area contributed by atoms with Crippen LogP contribution in [0.15, 0.2) is 29.4 Å². The van der Waals surface area contributed by atoms with Crippen LogP contribution in [0.25, 0.3) is 0 Å². The Balaban J connectivity index is 2.36. The Labute approximate surface area is 90.9 Å². The lowest BCUT2D eigenvalue weighted by Crippen LogP contribution is -1.97. The molecule has 0 aromatic heterocycles. The molecule has 3 nitrogen and oxygen atoms in total. The summed E-state index contributed by atoms with van der Waals surface area (Å²) in [5.74, 6) is 5.95. The van der Waals surface area contributed by atoms with Crippen molar-refractivity contribution in [2.75, 3.05) is 6.61 Å². The van der Waals surface area contributed by atoms with Gasteiger partial charge >= 0.3 is 0 Å². The molecule has 0 saturated carbocycles. The van der Waals surface area contributed by atoms with Gasteiger partial charge in [-0.15, -0.1) is 0 Å². The lowest BCUT2D eigenvalue weighted by molar-refractivity contribution is 0.306. The Morgan fingerprint density at radius 3 is 2.60 bits per heavy atom. The molecule has 0 radical (unpaired) electrons. The summed E-state index contributed by atoms with van der Waals surface area (Å²) in [4.78, 5) is 0. The van der Waals surface area contributed by atoms with Gasteiger partial charge in [0.15, 0.2) is 0 Å². The normalized spacial score (nSPS) is 10.7. The number of unbranched alkanes of at least 4 members (excludes halogenated alkanes) is 2. The molecular weight excluding hydrogens is 188 g/mol. The average molecular weight is 206 g/mol. The summed E-state index contributed by atoms with van der Waals surface area (Å²) in [6.07, 6.45) is 5.16. The van der Waals surface area contributed by atoms with E-state index in [1.54, 1.807) is 6.21 Å². The van der Waals surface area contributed by atoms with Crippen LogP contribution >= 0.6 is 0 Å². The number of ether oxygens (including phenoxy) is 1. The van der Waals surface area contributed by atoms with Gasteiger partial charge in [0.1, 0.15) is 5.75 Å². The minimum atomic E-state index is 0.790. The summed E-state index contributed by atoms with van der Waals surface area (Å²) in [5, 5.41) is 3.46. The average Bonchev–Trinajstić information content (AvgIpc) is 2.27. The second-order valence-electron chi connectivity index (χ2n) is 3.40. The molecule has 0 aliphatic rings. The van der Waals surface area contributed by atoms with Crippen molar-refractivity contribution in [3.8, 4) is 5.75 Å². The van der Waals surface area contributed by atoms with Gasteiger partial charge in [-0.2, -0.15) is 5.10 Å². The van der Waals surface area contributed by atoms with Gasteiger partial charge < -0.3 is 10.6 Å². The topological polar surface area (TPSA) is 47.6 Å². The van der Waals surface area contributed by atoms with E-state index >= 15 is 0 Å². The standard InChI is InChI=1S/C12H18N2O/c1-2-3-4-9-15-12-7-5-11(6-8-12)10-14-13/h5-8,10H,2-4,9,13H2,1H3. The molecule has 0 aliphatic carbocycles. The number of rotatable bonds is 6. The fourth-order valence-corrected chi connectivity index (χ4v) is 1.28. The first-order valence-electron chi connectivity index (χ1n) is 5.33. The van der Waals surface area contributed by atoms with Gasteiger partial charge in [-0.25, -0.2) is 0 Å². The van der Waals surface area contributed by atoms with Crippen LogP contribution in [-0.2, 0) is 0 Å². The smallest absolute Gasteiger partial charge is 0.119 e. The second kappa shape index (κ2) is 6.87. The van der Waals surface area contributed by atoms with Crippen molar-refractivity contribution in [2.45, 2.75) is 26.2 Å². The van der Waals surface area contributed by atoms with Crippen molar-refractivity contribution in [1.29, 1.82) is 0 Å². The quantitative estimate of drug-likeness (QED) is 0.336. The molecule has 1 aromatic rings. The molecule has 0 heterocycles. The Morgan fingerprint density at radius 1 is 1.27 bits per heavy atom. The van der Waals surface area contributed by atoms with Crippen LogP contribution in [0.3, 0.4) is 0 Å². The van der Waals surface area contributed by atoms with Crippen LogP contribution in [0.5, 0.6) is 5.75 Å². The molecule has 3 heteroatoms. The molecule has 0 saturated heterocycles. The Kier molecular flexibility index (Phi) is 5.30. The van der Waals surface area contributed by atoms with E-state index in [0.29, 0.717) is 0 Å². The predicted octanol–water partition coefficient (Wildman–Crippen LogP) is 2.55. The van der Waals surface area contributed by atoms with Crippen molar-refractivity contribution >= 4 is 6.21 Å². The molecule has 82 valence electrons. The highest BCUT2D eigenvalue weighted by molar-refractivity contribution is 5.79. The molecule has 1 rings (SSSR count). The minimum absolute atomic E-state index is 0.790. The number of nitrogens with zero attached hydrogens (tertiary/aromatic N) is 1. The van der Waals surface area contributed by atoms with E-state index in [2.05, 4.69) is 12.0 Å². The maximum absolute atomic E-state index is 5.57. The lowest BCUT2D eigenvalue weighted by atomic mass is 10.2. The zero-order valence-corrected chi connectivity index (χ0v) is 9.15. The number of hydrazone groups is 1. The molecule has 0 atom stereocenters. The van der Waals surface area contributed by atoms with Crippen molar-refractivity contribution in [3.05, 3.63) is 29.8 Å². The predicted molar refractivity (Wildman–Crippen MR) is 63.2 cm³/mol. The van der Waals surface area contributed by atoms with Crippen LogP contribution in [-0.4, -0.2) is 12.8 Å². The van der Waals surface area contributed by atoms with E-state index in [4.69, 9.17) is 10.6 Å². The third-order valence-corrected chi connectivity index (χ3v) is 2.12. The molecule has 0 amide bonds. The summed E-state index contributed by atoms with van der Waals surface area (Å²) < 4.78 is 5.57. The highest BCUT2D eigenvalue weighted by Gasteiger charge is 1.93. The van der Waals surface area contributed by atoms with Crippen molar-refractivity contribution < 1.29 is 4.74 Å².